The topological polar surface area (TPSA) is 71.3 Å². The number of hydrogen-bond acceptors (Lipinski definition) is 2. The molecule has 6 rings (SSSR count). The Morgan fingerprint density at radius 2 is 1.82 bits per heavy atom. The third-order valence-corrected chi connectivity index (χ3v) is 8.42. The van der Waals surface area contributed by atoms with Gasteiger partial charge < -0.3 is 15.0 Å². The molecule has 3 saturated carbocycles. The number of rotatable bonds is 5. The van der Waals surface area contributed by atoms with E-state index in [1.165, 1.54) is 12.1 Å². The van der Waals surface area contributed by atoms with Crippen LogP contribution in [0.5, 0.6) is 0 Å². The van der Waals surface area contributed by atoms with Crippen LogP contribution in [0.1, 0.15) is 47.2 Å². The number of carbonyl (C=O) groups excluding carboxylic acids is 1. The van der Waals surface area contributed by atoms with Gasteiger partial charge in [0.1, 0.15) is 0 Å². The van der Waals surface area contributed by atoms with E-state index in [-0.39, 0.29) is 28.7 Å². The number of alkyl halides is 3. The fraction of sp³-hybridized carbons (Fsp3) is 0.385. The van der Waals surface area contributed by atoms with Gasteiger partial charge in [0.25, 0.3) is 5.91 Å². The second-order valence-electron chi connectivity index (χ2n) is 10.2. The van der Waals surface area contributed by atoms with E-state index < -0.39 is 17.7 Å². The van der Waals surface area contributed by atoms with E-state index in [1.54, 1.807) is 6.07 Å². The molecule has 4 atom stereocenters. The molecule has 3 unspecified atom stereocenters. The minimum absolute atomic E-state index is 0.0158. The molecule has 1 amide bonds. The fourth-order valence-electron chi connectivity index (χ4n) is 6.73. The fourth-order valence-corrected chi connectivity index (χ4v) is 6.73. The lowest BCUT2D eigenvalue weighted by Gasteiger charge is -2.40. The molecule has 5 nitrogen and oxygen atoms in total. The molecule has 0 aliphatic heterocycles. The van der Waals surface area contributed by atoms with Crippen molar-refractivity contribution in [2.24, 2.45) is 16.7 Å². The average Bonchev–Trinajstić information content (AvgIpc) is 3.05. The van der Waals surface area contributed by atoms with Gasteiger partial charge in [-0.1, -0.05) is 24.3 Å². The molecule has 3 aromatic rings. The molecule has 0 radical (unpaired) electrons. The molecule has 0 bridgehead atoms. The van der Waals surface area contributed by atoms with Crippen molar-refractivity contribution in [2.75, 3.05) is 0 Å². The van der Waals surface area contributed by atoms with Crippen molar-refractivity contribution < 1.29 is 27.9 Å². The largest absolute Gasteiger partial charge is 0.481 e. The van der Waals surface area contributed by atoms with Crippen LogP contribution in [0.15, 0.2) is 54.7 Å². The molecule has 2 N–H and O–H groups in total. The summed E-state index contributed by atoms with van der Waals surface area (Å²) in [6, 6.07) is 12.4. The molecular formula is C26H23F3N2O3. The zero-order valence-corrected chi connectivity index (χ0v) is 18.2. The minimum atomic E-state index is -4.38. The van der Waals surface area contributed by atoms with E-state index in [2.05, 4.69) is 5.32 Å². The predicted octanol–water partition coefficient (Wildman–Crippen LogP) is 5.08. The van der Waals surface area contributed by atoms with Crippen LogP contribution in [0, 0.1) is 16.7 Å². The third-order valence-electron chi connectivity index (χ3n) is 8.42. The van der Waals surface area contributed by atoms with Gasteiger partial charge in [-0.15, -0.1) is 0 Å². The highest BCUT2D eigenvalue weighted by molar-refractivity contribution is 6.06. The van der Waals surface area contributed by atoms with Gasteiger partial charge in [0.2, 0.25) is 0 Å². The Balaban J connectivity index is 1.23. The number of carbonyl (C=O) groups is 2. The Morgan fingerprint density at radius 3 is 2.53 bits per heavy atom. The number of nitrogens with zero attached hydrogens (tertiary/aromatic N) is 1. The molecule has 3 fully saturated rings. The van der Waals surface area contributed by atoms with Crippen LogP contribution in [0.4, 0.5) is 13.2 Å². The Morgan fingerprint density at radius 1 is 1.06 bits per heavy atom. The molecular weight excluding hydrogens is 445 g/mol. The summed E-state index contributed by atoms with van der Waals surface area (Å²) >= 11 is 0. The van der Waals surface area contributed by atoms with Crippen LogP contribution in [0.25, 0.3) is 10.9 Å². The van der Waals surface area contributed by atoms with Crippen molar-refractivity contribution in [3.63, 3.8) is 0 Å². The molecule has 34 heavy (non-hydrogen) atoms. The SMILES string of the molecule is O=C(NC1CC23C[C@@H](C(=O)O)CC12C3)c1cccc2ccn(Cc3ccc(C(F)(F)F)cc3)c12. The molecule has 0 spiro atoms. The van der Waals surface area contributed by atoms with E-state index >= 15 is 0 Å². The number of amides is 1. The number of hydrogen-bond donors (Lipinski definition) is 2. The highest BCUT2D eigenvalue weighted by Gasteiger charge is 2.82. The third kappa shape index (κ3) is 3.00. The summed E-state index contributed by atoms with van der Waals surface area (Å²) < 4.78 is 40.5. The quantitative estimate of drug-likeness (QED) is 0.549. The molecule has 2 aromatic carbocycles. The number of halogens is 3. The van der Waals surface area contributed by atoms with Crippen LogP contribution in [0.3, 0.4) is 0 Å². The number of fused-ring (bicyclic) bond motifs is 1. The van der Waals surface area contributed by atoms with E-state index in [0.717, 1.165) is 35.9 Å². The summed E-state index contributed by atoms with van der Waals surface area (Å²) in [6.45, 7) is 0.336. The molecule has 1 heterocycles. The summed E-state index contributed by atoms with van der Waals surface area (Å²) in [5.74, 6) is -1.26. The lowest BCUT2D eigenvalue weighted by molar-refractivity contribution is -0.142. The normalized spacial score (nSPS) is 29.3. The number of benzene rings is 2. The number of aromatic nitrogens is 1. The molecule has 3 aliphatic carbocycles. The van der Waals surface area contributed by atoms with Crippen LogP contribution in [-0.4, -0.2) is 27.6 Å². The molecule has 3 aliphatic rings. The number of carboxylic acids is 1. The van der Waals surface area contributed by atoms with E-state index in [0.29, 0.717) is 30.5 Å². The smallest absolute Gasteiger partial charge is 0.416 e. The average molecular weight is 468 g/mol. The number of carboxylic acid groups (broad SMARTS) is 1. The van der Waals surface area contributed by atoms with E-state index in [9.17, 15) is 27.9 Å². The summed E-state index contributed by atoms with van der Waals surface area (Å²) in [5.41, 5.74) is 1.28. The first-order valence-corrected chi connectivity index (χ1v) is 11.4. The van der Waals surface area contributed by atoms with Crippen molar-refractivity contribution in [3.05, 3.63) is 71.4 Å². The minimum Gasteiger partial charge on any atom is -0.481 e. The zero-order chi connectivity index (χ0) is 23.9. The zero-order valence-electron chi connectivity index (χ0n) is 18.2. The highest BCUT2D eigenvalue weighted by Crippen LogP contribution is 2.85. The second kappa shape index (κ2) is 6.87. The van der Waals surface area contributed by atoms with Gasteiger partial charge in [-0.2, -0.15) is 13.2 Å². The summed E-state index contributed by atoms with van der Waals surface area (Å²) in [4.78, 5) is 24.8. The lowest BCUT2D eigenvalue weighted by Crippen LogP contribution is -2.50. The Hall–Kier alpha value is -3.29. The van der Waals surface area contributed by atoms with Crippen molar-refractivity contribution >= 4 is 22.8 Å². The Labute approximate surface area is 193 Å². The standard InChI is InChI=1S/C26H23F3N2O3/c27-26(28,29)18-6-4-15(5-7-18)13-31-9-8-16-2-1-3-19(21(16)31)22(32)30-20-12-24-10-17(23(33)34)11-25(20,24)14-24/h1-9,17,20H,10-14H2,(H,30,32)(H,33,34)/t17-,20?,24?,25?/m1/s1. The number of para-hydroxylation sites is 1. The van der Waals surface area contributed by atoms with Crippen LogP contribution in [0.2, 0.25) is 0 Å². The van der Waals surface area contributed by atoms with Crippen LogP contribution in [-0.2, 0) is 17.5 Å². The lowest BCUT2D eigenvalue weighted by atomic mass is 9.71. The molecule has 176 valence electrons. The van der Waals surface area contributed by atoms with Crippen molar-refractivity contribution in [1.29, 1.82) is 0 Å². The first-order valence-electron chi connectivity index (χ1n) is 11.4. The predicted molar refractivity (Wildman–Crippen MR) is 118 cm³/mol. The van der Waals surface area contributed by atoms with Gasteiger partial charge in [-0.3, -0.25) is 9.59 Å². The summed E-state index contributed by atoms with van der Waals surface area (Å²) in [7, 11) is 0. The van der Waals surface area contributed by atoms with Gasteiger partial charge in [-0.05, 0) is 66.3 Å². The maximum atomic E-state index is 13.3. The first kappa shape index (κ1) is 21.3. The van der Waals surface area contributed by atoms with Crippen molar-refractivity contribution in [1.82, 2.24) is 9.88 Å². The molecule has 8 heteroatoms. The summed E-state index contributed by atoms with van der Waals surface area (Å²) in [6.07, 6.45) is 0.603. The Bertz CT molecular complexity index is 1330. The summed E-state index contributed by atoms with van der Waals surface area (Å²) in [5, 5.41) is 13.5. The molecule has 0 saturated heterocycles. The van der Waals surface area contributed by atoms with Gasteiger partial charge in [0.15, 0.2) is 0 Å². The van der Waals surface area contributed by atoms with Gasteiger partial charge >= 0.3 is 12.1 Å². The van der Waals surface area contributed by atoms with E-state index in [4.69, 9.17) is 0 Å². The maximum Gasteiger partial charge on any atom is 0.416 e. The Kier molecular flexibility index (Phi) is 4.29. The van der Waals surface area contributed by atoms with Crippen molar-refractivity contribution in [2.45, 2.75) is 44.4 Å². The van der Waals surface area contributed by atoms with Crippen LogP contribution >= 0.6 is 0 Å². The maximum absolute atomic E-state index is 13.3. The second-order valence-corrected chi connectivity index (χ2v) is 10.2. The monoisotopic (exact) mass is 468 g/mol. The van der Waals surface area contributed by atoms with Gasteiger partial charge in [-0.25, -0.2) is 0 Å². The van der Waals surface area contributed by atoms with Gasteiger partial charge in [0.05, 0.1) is 22.6 Å². The first-order chi connectivity index (χ1) is 16.1. The number of aliphatic carboxylic acids is 1. The highest BCUT2D eigenvalue weighted by atomic mass is 19.4. The van der Waals surface area contributed by atoms with Crippen molar-refractivity contribution in [3.8, 4) is 0 Å². The number of nitrogens with one attached hydrogen (secondary N) is 1. The van der Waals surface area contributed by atoms with Crippen LogP contribution < -0.4 is 5.32 Å². The van der Waals surface area contributed by atoms with E-state index in [1.807, 2.05) is 29.0 Å². The van der Waals surface area contributed by atoms with Gasteiger partial charge in [0, 0.05) is 24.2 Å². The molecule has 1 aromatic heterocycles.